The van der Waals surface area contributed by atoms with Crippen molar-refractivity contribution in [3.05, 3.63) is 73.8 Å². The summed E-state index contributed by atoms with van der Waals surface area (Å²) < 4.78 is 5.73. The zero-order valence-electron chi connectivity index (χ0n) is 13.6. The van der Waals surface area contributed by atoms with Gasteiger partial charge < -0.3 is 4.42 Å². The second-order valence-corrected chi connectivity index (χ2v) is 7.66. The molecular weight excluding hydrogens is 386 g/mol. The number of furan rings is 1. The van der Waals surface area contributed by atoms with Crippen molar-refractivity contribution in [2.24, 2.45) is 0 Å². The number of aromatic nitrogens is 1. The van der Waals surface area contributed by atoms with Crippen molar-refractivity contribution < 1.29 is 14.1 Å². The van der Waals surface area contributed by atoms with Crippen LogP contribution in [0, 0.1) is 15.5 Å². The molecule has 2 aromatic heterocycles. The number of nitro benzene ring substituents is 1. The maximum Gasteiger partial charge on any atom is 0.270 e. The Kier molecular flexibility index (Phi) is 4.46. The summed E-state index contributed by atoms with van der Waals surface area (Å²) >= 11 is 2.45. The average Bonchev–Trinajstić information content (AvgIpc) is 3.38. The fourth-order valence-electron chi connectivity index (χ4n) is 2.68. The van der Waals surface area contributed by atoms with Crippen molar-refractivity contribution in [2.45, 2.75) is 5.92 Å². The van der Waals surface area contributed by atoms with Gasteiger partial charge in [0.25, 0.3) is 5.69 Å². The monoisotopic (exact) mass is 397 g/mol. The fourth-order valence-corrected chi connectivity index (χ4v) is 4.46. The van der Waals surface area contributed by atoms with Crippen LogP contribution in [-0.2, 0) is 4.79 Å². The number of hydrogen-bond acceptors (Lipinski definition) is 8. The smallest absolute Gasteiger partial charge is 0.270 e. The third kappa shape index (κ3) is 3.34. The van der Waals surface area contributed by atoms with Crippen molar-refractivity contribution in [3.63, 3.8) is 0 Å². The second kappa shape index (κ2) is 6.93. The Balaban J connectivity index is 1.61. The van der Waals surface area contributed by atoms with Gasteiger partial charge in [-0.2, -0.15) is 0 Å². The fraction of sp³-hybridized carbons (Fsp3) is 0.0556. The Morgan fingerprint density at radius 1 is 1.30 bits per heavy atom. The van der Waals surface area contributed by atoms with E-state index in [2.05, 4.69) is 4.98 Å². The van der Waals surface area contributed by atoms with E-state index in [1.807, 2.05) is 0 Å². The Bertz CT molecular complexity index is 1090. The molecule has 0 unspecified atom stereocenters. The van der Waals surface area contributed by atoms with Crippen LogP contribution in [0.2, 0.25) is 0 Å². The van der Waals surface area contributed by atoms with Crippen LogP contribution in [0.3, 0.4) is 0 Å². The van der Waals surface area contributed by atoms with Gasteiger partial charge in [-0.25, -0.2) is 4.98 Å². The summed E-state index contributed by atoms with van der Waals surface area (Å²) in [5.74, 6) is 0.0909. The summed E-state index contributed by atoms with van der Waals surface area (Å²) in [4.78, 5) is 27.6. The number of allylic oxidation sites excluding steroid dienone is 1. The molecule has 1 fully saturated rings. The number of hydrogen-bond donors (Lipinski definition) is 1. The third-order valence-corrected chi connectivity index (χ3v) is 5.76. The van der Waals surface area contributed by atoms with Crippen molar-refractivity contribution in [1.82, 2.24) is 4.98 Å². The van der Waals surface area contributed by atoms with Crippen LogP contribution in [0.25, 0.3) is 17.4 Å². The molecule has 1 saturated heterocycles. The highest BCUT2D eigenvalue weighted by Crippen LogP contribution is 2.41. The van der Waals surface area contributed by atoms with E-state index in [1.54, 1.807) is 41.9 Å². The molecule has 3 aromatic rings. The highest BCUT2D eigenvalue weighted by Gasteiger charge is 2.38. The summed E-state index contributed by atoms with van der Waals surface area (Å²) in [5, 5.41) is 21.6. The molecule has 7 nitrogen and oxygen atoms in total. The van der Waals surface area contributed by atoms with Crippen molar-refractivity contribution in [3.8, 4) is 11.3 Å². The van der Waals surface area contributed by atoms with E-state index < -0.39 is 10.8 Å². The summed E-state index contributed by atoms with van der Waals surface area (Å²) in [6, 6.07) is 9.53. The lowest BCUT2D eigenvalue weighted by atomic mass is 10.1. The van der Waals surface area contributed by atoms with Crippen LogP contribution >= 0.6 is 23.1 Å². The van der Waals surface area contributed by atoms with E-state index in [9.17, 15) is 14.9 Å². The van der Waals surface area contributed by atoms with Crippen molar-refractivity contribution in [1.29, 1.82) is 5.41 Å². The first kappa shape index (κ1) is 17.4. The molecule has 0 amide bonds. The van der Waals surface area contributed by atoms with Crippen LogP contribution in [-0.4, -0.2) is 20.7 Å². The number of nitro groups is 1. The van der Waals surface area contributed by atoms with Crippen LogP contribution in [0.1, 0.15) is 16.7 Å². The number of Topliss-reactive ketones (excluding diaryl/α,β-unsaturated/α-hetero) is 1. The number of nitrogens with one attached hydrogen (secondary N) is 1. The van der Waals surface area contributed by atoms with Gasteiger partial charge in [-0.15, -0.1) is 11.3 Å². The lowest BCUT2D eigenvalue weighted by molar-refractivity contribution is -0.384. The number of benzene rings is 1. The highest BCUT2D eigenvalue weighted by atomic mass is 32.2. The maximum absolute atomic E-state index is 12.6. The first-order valence-electron chi connectivity index (χ1n) is 7.79. The quantitative estimate of drug-likeness (QED) is 0.387. The average molecular weight is 397 g/mol. The molecule has 0 saturated carbocycles. The molecule has 1 atom stereocenters. The standard InChI is InChI=1S/C18H11N3O4S2/c19-17-15(18-20-6-7-26-18)16(22)14(27-17)9-12-4-5-13(25-12)10-2-1-3-11(8-10)21(23)24/h1-9,15,19H/b14-9-,19-17?/t15-/m0/s1. The van der Waals surface area contributed by atoms with Crippen molar-refractivity contribution >= 4 is 45.7 Å². The van der Waals surface area contributed by atoms with Gasteiger partial charge in [0.2, 0.25) is 0 Å². The largest absolute Gasteiger partial charge is 0.457 e. The number of non-ortho nitro benzene ring substituents is 1. The molecule has 9 heteroatoms. The molecule has 0 aliphatic carbocycles. The van der Waals surface area contributed by atoms with Gasteiger partial charge >= 0.3 is 0 Å². The summed E-state index contributed by atoms with van der Waals surface area (Å²) in [6.45, 7) is 0. The minimum atomic E-state index is -0.646. The molecule has 27 heavy (non-hydrogen) atoms. The number of carbonyl (C=O) groups excluding carboxylic acids is 1. The molecule has 3 heterocycles. The van der Waals surface area contributed by atoms with Gasteiger partial charge in [0, 0.05) is 29.3 Å². The molecule has 1 N–H and O–H groups in total. The highest BCUT2D eigenvalue weighted by molar-refractivity contribution is 8.19. The molecule has 4 rings (SSSR count). The minimum absolute atomic E-state index is 0.0231. The van der Waals surface area contributed by atoms with Gasteiger partial charge in [0.15, 0.2) is 5.78 Å². The normalized spacial score (nSPS) is 18.4. The number of thiazole rings is 1. The molecule has 0 spiro atoms. The topological polar surface area (TPSA) is 110 Å². The van der Waals surface area contributed by atoms with Crippen LogP contribution in [0.5, 0.6) is 0 Å². The zero-order chi connectivity index (χ0) is 19.0. The van der Waals surface area contributed by atoms with Gasteiger partial charge in [0.05, 0.1) is 14.9 Å². The maximum atomic E-state index is 12.6. The van der Waals surface area contributed by atoms with E-state index in [1.165, 1.54) is 23.5 Å². The molecule has 134 valence electrons. The summed E-state index contributed by atoms with van der Waals surface area (Å²) in [6.07, 6.45) is 3.21. The molecule has 1 aromatic carbocycles. The number of carbonyl (C=O) groups is 1. The first-order valence-corrected chi connectivity index (χ1v) is 9.49. The van der Waals surface area contributed by atoms with E-state index in [0.717, 1.165) is 11.8 Å². The molecule has 1 aliphatic rings. The SMILES string of the molecule is N=C1S/C(=C\c2ccc(-c3cccc([N+](=O)[O-])c3)o2)C(=O)[C@@H]1c1nccs1. The van der Waals surface area contributed by atoms with Gasteiger partial charge in [0.1, 0.15) is 22.4 Å². The molecule has 1 aliphatic heterocycles. The van der Waals surface area contributed by atoms with E-state index in [4.69, 9.17) is 9.83 Å². The zero-order valence-corrected chi connectivity index (χ0v) is 15.3. The van der Waals surface area contributed by atoms with E-state index >= 15 is 0 Å². The number of thioether (sulfide) groups is 1. The van der Waals surface area contributed by atoms with Crippen molar-refractivity contribution in [2.75, 3.05) is 0 Å². The van der Waals surface area contributed by atoms with E-state index in [-0.39, 0.29) is 16.5 Å². The predicted octanol–water partition coefficient (Wildman–Crippen LogP) is 4.73. The van der Waals surface area contributed by atoms with Crippen LogP contribution in [0.4, 0.5) is 5.69 Å². The summed E-state index contributed by atoms with van der Waals surface area (Å²) in [7, 11) is 0. The molecular formula is C18H11N3O4S2. The number of nitrogens with zero attached hydrogens (tertiary/aromatic N) is 2. The van der Waals surface area contributed by atoms with Gasteiger partial charge in [-0.3, -0.25) is 20.3 Å². The lowest BCUT2D eigenvalue weighted by Crippen LogP contribution is -2.11. The number of rotatable bonds is 4. The predicted molar refractivity (Wildman–Crippen MR) is 104 cm³/mol. The van der Waals surface area contributed by atoms with Gasteiger partial charge in [-0.1, -0.05) is 23.9 Å². The van der Waals surface area contributed by atoms with Crippen LogP contribution < -0.4 is 0 Å². The molecule has 0 bridgehead atoms. The Hall–Kier alpha value is -3.04. The molecule has 0 radical (unpaired) electrons. The first-order chi connectivity index (χ1) is 13.0. The lowest BCUT2D eigenvalue weighted by Gasteiger charge is -2.01. The van der Waals surface area contributed by atoms with E-state index in [0.29, 0.717) is 27.0 Å². The summed E-state index contributed by atoms with van der Waals surface area (Å²) in [5.41, 5.74) is 0.553. The third-order valence-electron chi connectivity index (χ3n) is 3.93. The number of ketones is 1. The van der Waals surface area contributed by atoms with Crippen LogP contribution in [0.15, 0.2) is 57.3 Å². The Labute approximate surface area is 161 Å². The Morgan fingerprint density at radius 2 is 2.15 bits per heavy atom. The minimum Gasteiger partial charge on any atom is -0.457 e. The Morgan fingerprint density at radius 3 is 2.89 bits per heavy atom. The second-order valence-electron chi connectivity index (χ2n) is 5.65. The van der Waals surface area contributed by atoms with Gasteiger partial charge in [-0.05, 0) is 18.2 Å².